The van der Waals surface area contributed by atoms with Crippen LogP contribution >= 0.6 is 0 Å². The van der Waals surface area contributed by atoms with Crippen molar-refractivity contribution in [2.45, 2.75) is 25.8 Å². The maximum atomic E-state index is 12.5. The maximum Gasteiger partial charge on any atom is 0.332 e. The molecule has 0 bridgehead atoms. The number of benzene rings is 1. The van der Waals surface area contributed by atoms with Crippen molar-refractivity contribution in [3.05, 3.63) is 24.3 Å². The first-order valence-electron chi connectivity index (χ1n) is 7.42. The van der Waals surface area contributed by atoms with E-state index in [0.717, 1.165) is 24.5 Å². The number of carbonyl (C=O) groups excluding carboxylic acids is 1. The van der Waals surface area contributed by atoms with E-state index in [4.69, 9.17) is 9.47 Å². The zero-order valence-electron chi connectivity index (χ0n) is 12.9. The van der Waals surface area contributed by atoms with Gasteiger partial charge in [0.15, 0.2) is 0 Å². The molecule has 0 saturated carbocycles. The minimum atomic E-state index is -0.671. The molecule has 116 valence electrons. The number of hydrogen-bond acceptors (Lipinski definition) is 5. The molecule has 2 N–H and O–H groups in total. The van der Waals surface area contributed by atoms with Gasteiger partial charge in [-0.15, -0.1) is 0 Å². The largest absolute Gasteiger partial charge is 0.497 e. The molecule has 0 aliphatic carbocycles. The molecular formula is C16H24N2O3. The Labute approximate surface area is 126 Å². The highest BCUT2D eigenvalue weighted by Crippen LogP contribution is 2.31. The van der Waals surface area contributed by atoms with Crippen LogP contribution in [0.1, 0.15) is 20.3 Å². The molecule has 21 heavy (non-hydrogen) atoms. The summed E-state index contributed by atoms with van der Waals surface area (Å²) in [6.07, 6.45) is 0.707. The smallest absolute Gasteiger partial charge is 0.332 e. The van der Waals surface area contributed by atoms with Crippen molar-refractivity contribution in [2.75, 3.05) is 32.1 Å². The van der Waals surface area contributed by atoms with Crippen LogP contribution in [0.5, 0.6) is 5.75 Å². The molecule has 0 radical (unpaired) electrons. The molecule has 1 aromatic rings. The summed E-state index contributed by atoms with van der Waals surface area (Å²) in [5.74, 6) is 0.770. The van der Waals surface area contributed by atoms with Gasteiger partial charge in [-0.25, -0.2) is 4.79 Å². The lowest BCUT2D eigenvalue weighted by Gasteiger charge is -2.41. The van der Waals surface area contributed by atoms with E-state index in [9.17, 15) is 4.79 Å². The summed E-state index contributed by atoms with van der Waals surface area (Å²) in [5, 5.41) is 6.73. The molecule has 1 aliphatic heterocycles. The van der Waals surface area contributed by atoms with Gasteiger partial charge < -0.3 is 20.1 Å². The molecule has 5 heteroatoms. The normalized spacial score (nSPS) is 25.2. The lowest BCUT2D eigenvalue weighted by molar-refractivity contribution is -0.151. The van der Waals surface area contributed by atoms with Crippen LogP contribution in [-0.2, 0) is 9.53 Å². The van der Waals surface area contributed by atoms with E-state index in [2.05, 4.69) is 17.6 Å². The Bertz CT molecular complexity index is 475. The number of anilines is 1. The van der Waals surface area contributed by atoms with Gasteiger partial charge in [0.2, 0.25) is 0 Å². The van der Waals surface area contributed by atoms with E-state index >= 15 is 0 Å². The molecule has 1 fully saturated rings. The lowest BCUT2D eigenvalue weighted by Crippen LogP contribution is -2.59. The minimum Gasteiger partial charge on any atom is -0.497 e. The third kappa shape index (κ3) is 3.29. The zero-order chi connectivity index (χ0) is 15.3. The van der Waals surface area contributed by atoms with Crippen LogP contribution in [-0.4, -0.2) is 38.3 Å². The molecule has 1 saturated heterocycles. The Hall–Kier alpha value is -1.75. The molecule has 1 aliphatic rings. The Morgan fingerprint density at radius 3 is 2.71 bits per heavy atom. The molecule has 0 amide bonds. The molecule has 2 atom stereocenters. The first-order chi connectivity index (χ1) is 10.1. The van der Waals surface area contributed by atoms with E-state index in [0.29, 0.717) is 13.0 Å². The van der Waals surface area contributed by atoms with E-state index in [1.165, 1.54) is 0 Å². The van der Waals surface area contributed by atoms with Crippen molar-refractivity contribution in [2.24, 2.45) is 5.92 Å². The summed E-state index contributed by atoms with van der Waals surface area (Å²) in [4.78, 5) is 12.5. The lowest BCUT2D eigenvalue weighted by atomic mass is 9.79. The van der Waals surface area contributed by atoms with Crippen LogP contribution in [0, 0.1) is 5.92 Å². The standard InChI is InChI=1S/C16H24N2O3/c1-4-21-15(19)16(9-10-17-11-12(16)2)18-13-5-7-14(20-3)8-6-13/h5-8,12,17-18H,4,9-11H2,1-3H3. The fourth-order valence-corrected chi connectivity index (χ4v) is 2.76. The van der Waals surface area contributed by atoms with Crippen LogP contribution in [0.4, 0.5) is 5.69 Å². The summed E-state index contributed by atoms with van der Waals surface area (Å²) in [6.45, 7) is 5.89. The number of esters is 1. The second-order valence-electron chi connectivity index (χ2n) is 5.40. The Balaban J connectivity index is 2.24. The number of piperidine rings is 1. The Morgan fingerprint density at radius 2 is 2.14 bits per heavy atom. The van der Waals surface area contributed by atoms with Gasteiger partial charge >= 0.3 is 5.97 Å². The molecule has 2 rings (SSSR count). The monoisotopic (exact) mass is 292 g/mol. The fraction of sp³-hybridized carbons (Fsp3) is 0.562. The zero-order valence-corrected chi connectivity index (χ0v) is 12.9. The van der Waals surface area contributed by atoms with Crippen LogP contribution < -0.4 is 15.4 Å². The SMILES string of the molecule is CCOC(=O)C1(Nc2ccc(OC)cc2)CCNCC1C. The number of carbonyl (C=O) groups is 1. The summed E-state index contributed by atoms with van der Waals surface area (Å²) in [7, 11) is 1.64. The number of ether oxygens (including phenoxy) is 2. The van der Waals surface area contributed by atoms with Gasteiger partial charge in [-0.1, -0.05) is 6.92 Å². The summed E-state index contributed by atoms with van der Waals surface area (Å²) in [5.41, 5.74) is 0.230. The topological polar surface area (TPSA) is 59.6 Å². The van der Waals surface area contributed by atoms with Gasteiger partial charge in [0.05, 0.1) is 13.7 Å². The highest BCUT2D eigenvalue weighted by atomic mass is 16.5. The highest BCUT2D eigenvalue weighted by molar-refractivity contribution is 5.85. The van der Waals surface area contributed by atoms with Crippen molar-refractivity contribution >= 4 is 11.7 Å². The summed E-state index contributed by atoms with van der Waals surface area (Å²) < 4.78 is 10.5. The summed E-state index contributed by atoms with van der Waals surface area (Å²) >= 11 is 0. The van der Waals surface area contributed by atoms with Crippen molar-refractivity contribution in [1.29, 1.82) is 0 Å². The molecule has 1 aromatic carbocycles. The third-order valence-electron chi connectivity index (χ3n) is 4.08. The second-order valence-corrected chi connectivity index (χ2v) is 5.40. The van der Waals surface area contributed by atoms with Crippen LogP contribution in [0.25, 0.3) is 0 Å². The minimum absolute atomic E-state index is 0.146. The average molecular weight is 292 g/mol. The van der Waals surface area contributed by atoms with E-state index < -0.39 is 5.54 Å². The first-order valence-corrected chi connectivity index (χ1v) is 7.42. The molecule has 0 spiro atoms. The highest BCUT2D eigenvalue weighted by Gasteiger charge is 2.46. The summed E-state index contributed by atoms with van der Waals surface area (Å²) in [6, 6.07) is 7.61. The number of hydrogen-bond donors (Lipinski definition) is 2. The van der Waals surface area contributed by atoms with Crippen molar-refractivity contribution in [3.8, 4) is 5.75 Å². The van der Waals surface area contributed by atoms with Crippen molar-refractivity contribution in [1.82, 2.24) is 5.32 Å². The Kier molecular flexibility index (Phi) is 5.07. The average Bonchev–Trinajstić information content (AvgIpc) is 2.50. The predicted molar refractivity (Wildman–Crippen MR) is 82.6 cm³/mol. The van der Waals surface area contributed by atoms with E-state index in [1.54, 1.807) is 7.11 Å². The quantitative estimate of drug-likeness (QED) is 0.813. The van der Waals surface area contributed by atoms with Crippen LogP contribution in [0.2, 0.25) is 0 Å². The third-order valence-corrected chi connectivity index (χ3v) is 4.08. The van der Waals surface area contributed by atoms with Crippen LogP contribution in [0.3, 0.4) is 0 Å². The first kappa shape index (κ1) is 15.6. The molecule has 5 nitrogen and oxygen atoms in total. The van der Waals surface area contributed by atoms with Crippen molar-refractivity contribution < 1.29 is 14.3 Å². The maximum absolute atomic E-state index is 12.5. The van der Waals surface area contributed by atoms with Gasteiger partial charge in [-0.3, -0.25) is 0 Å². The van der Waals surface area contributed by atoms with Gasteiger partial charge in [0, 0.05) is 18.2 Å². The van der Waals surface area contributed by atoms with Gasteiger partial charge in [-0.05, 0) is 44.2 Å². The number of rotatable bonds is 5. The van der Waals surface area contributed by atoms with E-state index in [-0.39, 0.29) is 11.9 Å². The number of methoxy groups -OCH3 is 1. The van der Waals surface area contributed by atoms with Gasteiger partial charge in [0.1, 0.15) is 11.3 Å². The molecular weight excluding hydrogens is 268 g/mol. The van der Waals surface area contributed by atoms with Gasteiger partial charge in [0.25, 0.3) is 0 Å². The van der Waals surface area contributed by atoms with Crippen LogP contribution in [0.15, 0.2) is 24.3 Å². The van der Waals surface area contributed by atoms with Gasteiger partial charge in [-0.2, -0.15) is 0 Å². The van der Waals surface area contributed by atoms with Crippen molar-refractivity contribution in [3.63, 3.8) is 0 Å². The Morgan fingerprint density at radius 1 is 1.43 bits per heavy atom. The fourth-order valence-electron chi connectivity index (χ4n) is 2.76. The van der Waals surface area contributed by atoms with E-state index in [1.807, 2.05) is 31.2 Å². The second kappa shape index (κ2) is 6.80. The molecule has 2 unspecified atom stereocenters. The number of nitrogens with one attached hydrogen (secondary N) is 2. The molecule has 1 heterocycles. The molecule has 0 aromatic heterocycles. The predicted octanol–water partition coefficient (Wildman–Crippen LogP) is 2.04.